The molecule has 1 atom stereocenters. The van der Waals surface area contributed by atoms with Gasteiger partial charge < -0.3 is 5.73 Å². The van der Waals surface area contributed by atoms with Crippen LogP contribution in [0.3, 0.4) is 0 Å². The Balaban J connectivity index is 3.27. The van der Waals surface area contributed by atoms with Gasteiger partial charge in [0.15, 0.2) is 0 Å². The van der Waals surface area contributed by atoms with Gasteiger partial charge in [-0.05, 0) is 13.0 Å². The molecule has 0 aliphatic carbocycles. The molecule has 12 heavy (non-hydrogen) atoms. The summed E-state index contributed by atoms with van der Waals surface area (Å²) in [6, 6.07) is 1.91. The quantitative estimate of drug-likeness (QED) is 0.679. The molecule has 0 unspecified atom stereocenters. The van der Waals surface area contributed by atoms with E-state index in [-0.39, 0.29) is 5.56 Å². The van der Waals surface area contributed by atoms with Crippen LogP contribution in [-0.2, 0) is 0 Å². The van der Waals surface area contributed by atoms with Crippen LogP contribution in [0.4, 0.5) is 8.78 Å². The summed E-state index contributed by atoms with van der Waals surface area (Å²) in [6.45, 7) is 1.60. The lowest BCUT2D eigenvalue weighted by atomic mass is 10.1. The highest BCUT2D eigenvalue weighted by Crippen LogP contribution is 2.24. The van der Waals surface area contributed by atoms with Crippen molar-refractivity contribution >= 4 is 11.6 Å². The lowest BCUT2D eigenvalue weighted by molar-refractivity contribution is 0.563. The second-order valence-electron chi connectivity index (χ2n) is 2.55. The van der Waals surface area contributed by atoms with E-state index >= 15 is 0 Å². The van der Waals surface area contributed by atoms with E-state index in [0.717, 1.165) is 6.07 Å². The summed E-state index contributed by atoms with van der Waals surface area (Å²) >= 11 is 5.32. The van der Waals surface area contributed by atoms with Gasteiger partial charge in [0, 0.05) is 11.6 Å². The van der Waals surface area contributed by atoms with Crippen molar-refractivity contribution in [1.29, 1.82) is 0 Å². The lowest BCUT2D eigenvalue weighted by Gasteiger charge is -2.07. The topological polar surface area (TPSA) is 26.0 Å². The van der Waals surface area contributed by atoms with Crippen LogP contribution in [-0.4, -0.2) is 0 Å². The van der Waals surface area contributed by atoms with Crippen molar-refractivity contribution in [3.8, 4) is 0 Å². The summed E-state index contributed by atoms with van der Waals surface area (Å²) in [4.78, 5) is 0. The second kappa shape index (κ2) is 3.37. The number of hydrogen-bond donors (Lipinski definition) is 1. The zero-order chi connectivity index (χ0) is 9.30. The average Bonchev–Trinajstić information content (AvgIpc) is 2.00. The molecule has 0 amide bonds. The molecule has 0 radical (unpaired) electrons. The monoisotopic (exact) mass is 191 g/mol. The van der Waals surface area contributed by atoms with Crippen LogP contribution in [0, 0.1) is 11.6 Å². The molecule has 1 aromatic rings. The predicted octanol–water partition coefficient (Wildman–Crippen LogP) is 2.64. The van der Waals surface area contributed by atoms with Gasteiger partial charge in [-0.15, -0.1) is 0 Å². The van der Waals surface area contributed by atoms with Gasteiger partial charge in [-0.2, -0.15) is 0 Å². The SMILES string of the molecule is C[C@H](N)c1ccc(F)c(Cl)c1F. The summed E-state index contributed by atoms with van der Waals surface area (Å²) in [5, 5.41) is -0.496. The number of rotatable bonds is 1. The number of hydrogen-bond acceptors (Lipinski definition) is 1. The normalized spacial score (nSPS) is 13.1. The van der Waals surface area contributed by atoms with Gasteiger partial charge in [-0.3, -0.25) is 0 Å². The van der Waals surface area contributed by atoms with Crippen molar-refractivity contribution in [2.75, 3.05) is 0 Å². The predicted molar refractivity (Wildman–Crippen MR) is 44.0 cm³/mol. The summed E-state index contributed by atoms with van der Waals surface area (Å²) in [6.07, 6.45) is 0. The molecule has 0 fully saturated rings. The Morgan fingerprint density at radius 1 is 1.42 bits per heavy atom. The van der Waals surface area contributed by atoms with Crippen molar-refractivity contribution in [2.45, 2.75) is 13.0 Å². The highest BCUT2D eigenvalue weighted by Gasteiger charge is 2.13. The first-order chi connectivity index (χ1) is 5.54. The minimum absolute atomic E-state index is 0.224. The van der Waals surface area contributed by atoms with Crippen molar-refractivity contribution < 1.29 is 8.78 Å². The van der Waals surface area contributed by atoms with Crippen LogP contribution >= 0.6 is 11.6 Å². The first-order valence-corrected chi connectivity index (χ1v) is 3.80. The molecule has 1 rings (SSSR count). The van der Waals surface area contributed by atoms with Crippen LogP contribution in [0.1, 0.15) is 18.5 Å². The molecule has 2 N–H and O–H groups in total. The second-order valence-corrected chi connectivity index (χ2v) is 2.93. The van der Waals surface area contributed by atoms with Gasteiger partial charge in [-0.1, -0.05) is 17.7 Å². The Morgan fingerprint density at radius 2 is 2.00 bits per heavy atom. The summed E-state index contributed by atoms with van der Waals surface area (Å²) in [5.74, 6) is -1.54. The Labute approximate surface area is 74.1 Å². The molecule has 1 nitrogen and oxygen atoms in total. The maximum atomic E-state index is 13.1. The van der Waals surface area contributed by atoms with E-state index in [9.17, 15) is 8.78 Å². The van der Waals surface area contributed by atoms with Crippen molar-refractivity contribution in [3.63, 3.8) is 0 Å². The number of benzene rings is 1. The maximum Gasteiger partial charge on any atom is 0.149 e. The number of nitrogens with two attached hydrogens (primary N) is 1. The first kappa shape index (κ1) is 9.42. The van der Waals surface area contributed by atoms with Crippen LogP contribution < -0.4 is 5.73 Å². The molecule has 0 saturated heterocycles. The maximum absolute atomic E-state index is 13.1. The fourth-order valence-corrected chi connectivity index (χ4v) is 1.06. The van der Waals surface area contributed by atoms with Crippen LogP contribution in [0.5, 0.6) is 0 Å². The van der Waals surface area contributed by atoms with Crippen LogP contribution in [0.2, 0.25) is 5.02 Å². The van der Waals surface area contributed by atoms with Crippen LogP contribution in [0.25, 0.3) is 0 Å². The summed E-state index contributed by atoms with van der Waals surface area (Å²) < 4.78 is 25.7. The van der Waals surface area contributed by atoms with Gasteiger partial charge in [-0.25, -0.2) is 8.78 Å². The standard InChI is InChI=1S/C8H8ClF2N/c1-4(12)5-2-3-6(10)7(9)8(5)11/h2-4H,12H2,1H3/t4-/m0/s1. The van der Waals surface area contributed by atoms with E-state index in [1.54, 1.807) is 6.92 Å². The van der Waals surface area contributed by atoms with E-state index in [1.165, 1.54) is 6.07 Å². The van der Waals surface area contributed by atoms with Gasteiger partial charge in [0.2, 0.25) is 0 Å². The zero-order valence-corrected chi connectivity index (χ0v) is 7.20. The Morgan fingerprint density at radius 3 is 2.50 bits per heavy atom. The molecule has 0 heterocycles. The molecular formula is C8H8ClF2N. The third kappa shape index (κ3) is 1.57. The molecule has 66 valence electrons. The van der Waals surface area contributed by atoms with Gasteiger partial charge in [0.25, 0.3) is 0 Å². The van der Waals surface area contributed by atoms with E-state index in [2.05, 4.69) is 0 Å². The molecule has 0 bridgehead atoms. The summed E-state index contributed by atoms with van der Waals surface area (Å²) in [5.41, 5.74) is 5.64. The van der Waals surface area contributed by atoms with Crippen LogP contribution in [0.15, 0.2) is 12.1 Å². The molecule has 0 aliphatic heterocycles. The molecule has 0 saturated carbocycles. The van der Waals surface area contributed by atoms with Crippen molar-refractivity contribution in [1.82, 2.24) is 0 Å². The molecule has 0 spiro atoms. The third-order valence-electron chi connectivity index (χ3n) is 1.56. The lowest BCUT2D eigenvalue weighted by Crippen LogP contribution is -2.08. The van der Waals surface area contributed by atoms with Gasteiger partial charge in [0.1, 0.15) is 16.7 Å². The largest absolute Gasteiger partial charge is 0.324 e. The average molecular weight is 192 g/mol. The first-order valence-electron chi connectivity index (χ1n) is 3.43. The third-order valence-corrected chi connectivity index (χ3v) is 1.90. The molecule has 1 aromatic carbocycles. The van der Waals surface area contributed by atoms with E-state index in [1.807, 2.05) is 0 Å². The minimum Gasteiger partial charge on any atom is -0.324 e. The van der Waals surface area contributed by atoms with E-state index < -0.39 is 22.7 Å². The van der Waals surface area contributed by atoms with E-state index in [0.29, 0.717) is 0 Å². The van der Waals surface area contributed by atoms with E-state index in [4.69, 9.17) is 17.3 Å². The van der Waals surface area contributed by atoms with Gasteiger partial charge in [0.05, 0.1) is 0 Å². The molecule has 4 heteroatoms. The summed E-state index contributed by atoms with van der Waals surface area (Å²) in [7, 11) is 0. The number of halogens is 3. The highest BCUT2D eigenvalue weighted by atomic mass is 35.5. The zero-order valence-electron chi connectivity index (χ0n) is 6.44. The fraction of sp³-hybridized carbons (Fsp3) is 0.250. The Bertz CT molecular complexity index is 299. The molecule has 0 aliphatic rings. The highest BCUT2D eigenvalue weighted by molar-refractivity contribution is 6.30. The molecular weight excluding hydrogens is 184 g/mol. The Hall–Kier alpha value is -0.670. The van der Waals surface area contributed by atoms with Crippen molar-refractivity contribution in [2.24, 2.45) is 5.73 Å². The fourth-order valence-electron chi connectivity index (χ4n) is 0.893. The van der Waals surface area contributed by atoms with Gasteiger partial charge >= 0.3 is 0 Å². The smallest absolute Gasteiger partial charge is 0.149 e. The Kier molecular flexibility index (Phi) is 2.65. The van der Waals surface area contributed by atoms with Crippen molar-refractivity contribution in [3.05, 3.63) is 34.4 Å². The minimum atomic E-state index is -0.772. The molecule has 0 aromatic heterocycles.